The number of nitrogens with one attached hydrogen (secondary N) is 1. The minimum absolute atomic E-state index is 0.0170. The third-order valence-electron chi connectivity index (χ3n) is 12.2. The van der Waals surface area contributed by atoms with Gasteiger partial charge in [-0.2, -0.15) is 0 Å². The standard InChI is InChI=1S/C33H40N2O9.C10H10.C8H8/c1-38-19-7-8-20-21-9-10-35-16-18-13-27(44-32(36)17-11-25(39-2)30(41-4)26(12-17)40-3)31(42-5)28(33(37)43-6)22(18)15-24(35)29(21)34-23(20)14-19;1-3-9-7-5-6-8-10(9)4-2;1-2-8-6-4-3-5-7-8/h7-8,11-12,14,18,22,24,27-28,31,34H,9-10,13,15-16H2,1-6H3;3-8H,1-2H2;2-7H,1H2/t18-,22+,24-,27-,28+,31+;;/m1../s1. The molecule has 3 heterocycles. The van der Waals surface area contributed by atoms with Gasteiger partial charge in [-0.25, -0.2) is 4.79 Å². The Morgan fingerprint density at radius 3 is 1.97 bits per heavy atom. The van der Waals surface area contributed by atoms with Crippen LogP contribution in [0.2, 0.25) is 0 Å². The van der Waals surface area contributed by atoms with E-state index < -0.39 is 24.1 Å². The Bertz CT molecular complexity index is 2300. The van der Waals surface area contributed by atoms with Crippen LogP contribution in [0.15, 0.2) is 105 Å². The average Bonchev–Trinajstić information content (AvgIpc) is 3.71. The maximum atomic E-state index is 13.5. The van der Waals surface area contributed by atoms with Crippen molar-refractivity contribution in [3.05, 3.63) is 138 Å². The summed E-state index contributed by atoms with van der Waals surface area (Å²) in [5, 5.41) is 1.21. The molecule has 11 heteroatoms. The molecule has 0 spiro atoms. The number of carbonyl (C=O) groups is 2. The van der Waals surface area contributed by atoms with Crippen molar-refractivity contribution in [1.82, 2.24) is 9.88 Å². The maximum absolute atomic E-state index is 13.5. The highest BCUT2D eigenvalue weighted by molar-refractivity contribution is 5.91. The van der Waals surface area contributed by atoms with Crippen LogP contribution in [0.3, 0.4) is 0 Å². The zero-order valence-corrected chi connectivity index (χ0v) is 36.6. The van der Waals surface area contributed by atoms with E-state index in [1.54, 1.807) is 26.4 Å². The molecule has 1 aromatic heterocycles. The van der Waals surface area contributed by atoms with Gasteiger partial charge < -0.3 is 38.1 Å². The number of carbonyl (C=O) groups excluding carboxylic acids is 2. The van der Waals surface area contributed by atoms with Crippen LogP contribution >= 0.6 is 0 Å². The lowest BCUT2D eigenvalue weighted by molar-refractivity contribution is -0.176. The molecule has 8 rings (SSSR count). The van der Waals surface area contributed by atoms with Crippen LogP contribution in [0, 0.1) is 17.8 Å². The van der Waals surface area contributed by atoms with Crippen LogP contribution < -0.4 is 18.9 Å². The zero-order chi connectivity index (χ0) is 44.3. The van der Waals surface area contributed by atoms with Crippen molar-refractivity contribution in [1.29, 1.82) is 0 Å². The van der Waals surface area contributed by atoms with E-state index in [-0.39, 0.29) is 29.4 Å². The number of nitrogens with zero attached hydrogens (tertiary/aromatic N) is 1. The second-order valence-corrected chi connectivity index (χ2v) is 15.3. The first-order valence-electron chi connectivity index (χ1n) is 20.7. The van der Waals surface area contributed by atoms with E-state index in [4.69, 9.17) is 33.2 Å². The smallest absolute Gasteiger partial charge is 0.338 e. The SMILES string of the molecule is C=Cc1ccccc1.C=Cc1ccccc1C=C.COC(=O)[C@H]1[C@H]2C[C@@H]3c4[nH]c5cc(OC)ccc5c4CCN3C[C@H]2C[C@@H](OC(=O)c2cc(OC)c(OC)c(OC)c2)[C@@H]1OC. The number of fused-ring (bicyclic) bond motifs is 6. The third kappa shape index (κ3) is 9.59. The van der Waals surface area contributed by atoms with Crippen molar-refractivity contribution < 1.29 is 42.7 Å². The lowest BCUT2D eigenvalue weighted by Gasteiger charge is -2.52. The van der Waals surface area contributed by atoms with Crippen LogP contribution in [0.25, 0.3) is 29.1 Å². The summed E-state index contributed by atoms with van der Waals surface area (Å²) in [5.74, 6) is 0.441. The second kappa shape index (κ2) is 21.0. The average molecular weight is 843 g/mol. The number of hydrogen-bond acceptors (Lipinski definition) is 10. The molecule has 0 bridgehead atoms. The molecule has 0 amide bonds. The van der Waals surface area contributed by atoms with Gasteiger partial charge in [0.1, 0.15) is 18.0 Å². The minimum atomic E-state index is -0.670. The van der Waals surface area contributed by atoms with Gasteiger partial charge in [0.2, 0.25) is 5.75 Å². The molecule has 1 saturated heterocycles. The van der Waals surface area contributed by atoms with Crippen LogP contribution in [-0.4, -0.2) is 89.8 Å². The van der Waals surface area contributed by atoms with Crippen molar-refractivity contribution >= 4 is 41.1 Å². The zero-order valence-electron chi connectivity index (χ0n) is 36.6. The number of hydrogen-bond donors (Lipinski definition) is 1. The summed E-state index contributed by atoms with van der Waals surface area (Å²) in [6.45, 7) is 12.7. The van der Waals surface area contributed by atoms with Crippen molar-refractivity contribution in [2.75, 3.05) is 55.7 Å². The molecule has 4 aromatic carbocycles. The van der Waals surface area contributed by atoms with Gasteiger partial charge in [0.25, 0.3) is 0 Å². The number of aromatic nitrogens is 1. The number of ether oxygens (including phenoxy) is 7. The number of piperidine rings is 1. The fourth-order valence-electron chi connectivity index (χ4n) is 9.23. The molecular weight excluding hydrogens is 785 g/mol. The predicted molar refractivity (Wildman–Crippen MR) is 244 cm³/mol. The number of H-pyrrole nitrogens is 1. The van der Waals surface area contributed by atoms with Gasteiger partial charge in [0.15, 0.2) is 11.5 Å². The predicted octanol–water partition coefficient (Wildman–Crippen LogP) is 9.47. The van der Waals surface area contributed by atoms with Crippen LogP contribution in [0.4, 0.5) is 0 Å². The monoisotopic (exact) mass is 842 g/mol. The molecule has 11 nitrogen and oxygen atoms in total. The Balaban J connectivity index is 0.000000293. The lowest BCUT2D eigenvalue weighted by atomic mass is 9.63. The first-order valence-corrected chi connectivity index (χ1v) is 20.7. The molecule has 0 unspecified atom stereocenters. The van der Waals surface area contributed by atoms with Gasteiger partial charge in [-0.1, -0.05) is 92.6 Å². The Kier molecular flexibility index (Phi) is 15.3. The van der Waals surface area contributed by atoms with E-state index in [1.807, 2.05) is 85.0 Å². The third-order valence-corrected chi connectivity index (χ3v) is 12.2. The highest BCUT2D eigenvalue weighted by Crippen LogP contribution is 2.51. The first kappa shape index (κ1) is 45.2. The molecule has 1 aliphatic carbocycles. The van der Waals surface area contributed by atoms with E-state index in [0.29, 0.717) is 23.7 Å². The van der Waals surface area contributed by atoms with Gasteiger partial charge >= 0.3 is 11.9 Å². The molecular formula is C51H58N2O9. The fourth-order valence-corrected chi connectivity index (χ4v) is 9.23. The second-order valence-electron chi connectivity index (χ2n) is 15.3. The fraction of sp³-hybridized carbons (Fsp3) is 0.333. The number of methoxy groups -OCH3 is 6. The summed E-state index contributed by atoms with van der Waals surface area (Å²) >= 11 is 0. The van der Waals surface area contributed by atoms with Crippen LogP contribution in [-0.2, 0) is 25.4 Å². The highest BCUT2D eigenvalue weighted by atomic mass is 16.6. The van der Waals surface area contributed by atoms with E-state index in [9.17, 15) is 9.59 Å². The van der Waals surface area contributed by atoms with E-state index >= 15 is 0 Å². The Labute approximate surface area is 364 Å². The van der Waals surface area contributed by atoms with Gasteiger partial charge in [-0.05, 0) is 77.6 Å². The summed E-state index contributed by atoms with van der Waals surface area (Å²) in [6, 6.07) is 27.4. The number of benzene rings is 4. The Hall–Kier alpha value is -6.30. The molecule has 1 N–H and O–H groups in total. The summed E-state index contributed by atoms with van der Waals surface area (Å²) < 4.78 is 39.1. The van der Waals surface area contributed by atoms with Crippen molar-refractivity contribution in [3.8, 4) is 23.0 Å². The van der Waals surface area contributed by atoms with Crippen LogP contribution in [0.5, 0.6) is 23.0 Å². The molecule has 0 radical (unpaired) electrons. The van der Waals surface area contributed by atoms with E-state index in [2.05, 4.69) is 35.7 Å². The van der Waals surface area contributed by atoms with E-state index in [0.717, 1.165) is 48.3 Å². The van der Waals surface area contributed by atoms with Crippen molar-refractivity contribution in [2.24, 2.45) is 17.8 Å². The van der Waals surface area contributed by atoms with Gasteiger partial charge in [0.05, 0.1) is 53.1 Å². The largest absolute Gasteiger partial charge is 0.497 e. The molecule has 2 fully saturated rings. The number of esters is 2. The summed E-state index contributed by atoms with van der Waals surface area (Å²) in [5.41, 5.74) is 7.27. The molecule has 2 aliphatic heterocycles. The summed E-state index contributed by atoms with van der Waals surface area (Å²) in [4.78, 5) is 33.1. The molecule has 5 aromatic rings. The quantitative estimate of drug-likeness (QED) is 0.129. The molecule has 6 atom stereocenters. The number of aromatic amines is 1. The molecule has 326 valence electrons. The van der Waals surface area contributed by atoms with Gasteiger partial charge in [-0.15, -0.1) is 0 Å². The topological polar surface area (TPSA) is 118 Å². The summed E-state index contributed by atoms with van der Waals surface area (Å²) in [7, 11) is 9.10. The minimum Gasteiger partial charge on any atom is -0.497 e. The van der Waals surface area contributed by atoms with Gasteiger partial charge in [-0.3, -0.25) is 9.69 Å². The molecule has 62 heavy (non-hydrogen) atoms. The van der Waals surface area contributed by atoms with E-state index in [1.165, 1.54) is 50.6 Å². The normalized spacial score (nSPS) is 21.1. The number of rotatable bonds is 11. The van der Waals surface area contributed by atoms with Crippen LogP contribution in [0.1, 0.15) is 57.2 Å². The maximum Gasteiger partial charge on any atom is 0.338 e. The highest BCUT2D eigenvalue weighted by Gasteiger charge is 2.54. The van der Waals surface area contributed by atoms with Crippen molar-refractivity contribution in [2.45, 2.75) is 37.5 Å². The first-order chi connectivity index (χ1) is 30.2. The molecule has 3 aliphatic rings. The Morgan fingerprint density at radius 2 is 1.42 bits per heavy atom. The molecule has 1 saturated carbocycles. The summed E-state index contributed by atoms with van der Waals surface area (Å²) in [6.07, 6.45) is 6.41. The lowest BCUT2D eigenvalue weighted by Crippen LogP contribution is -2.58. The Morgan fingerprint density at radius 1 is 0.758 bits per heavy atom. The van der Waals surface area contributed by atoms with Gasteiger partial charge in [0, 0.05) is 42.9 Å². The van der Waals surface area contributed by atoms with Crippen molar-refractivity contribution in [3.63, 3.8) is 0 Å².